The van der Waals surface area contributed by atoms with Crippen molar-refractivity contribution < 1.29 is 18.0 Å². The Hall–Kier alpha value is -3.63. The average molecular weight is 469 g/mol. The van der Waals surface area contributed by atoms with Gasteiger partial charge in [-0.2, -0.15) is 13.2 Å². The summed E-state index contributed by atoms with van der Waals surface area (Å²) in [6.07, 6.45) is 2.32. The quantitative estimate of drug-likeness (QED) is 0.610. The van der Waals surface area contributed by atoms with Crippen molar-refractivity contribution in [2.24, 2.45) is 11.8 Å². The van der Waals surface area contributed by atoms with Crippen LogP contribution in [0.2, 0.25) is 0 Å². The average Bonchev–Trinajstić information content (AvgIpc) is 3.60. The number of carbonyl (C=O) groups excluding carboxylic acids is 1. The second kappa shape index (κ2) is 8.62. The van der Waals surface area contributed by atoms with Crippen molar-refractivity contribution in [1.82, 2.24) is 29.8 Å². The van der Waals surface area contributed by atoms with Crippen molar-refractivity contribution in [1.29, 1.82) is 0 Å². The van der Waals surface area contributed by atoms with Crippen molar-refractivity contribution in [2.45, 2.75) is 32.0 Å². The van der Waals surface area contributed by atoms with Crippen LogP contribution in [0, 0.1) is 18.8 Å². The summed E-state index contributed by atoms with van der Waals surface area (Å²) in [6.45, 7) is 2.78. The minimum absolute atomic E-state index is 0.160. The van der Waals surface area contributed by atoms with Crippen molar-refractivity contribution in [3.63, 3.8) is 0 Å². The van der Waals surface area contributed by atoms with Gasteiger partial charge in [-0.1, -0.05) is 0 Å². The molecule has 3 aromatic heterocycles. The van der Waals surface area contributed by atoms with E-state index in [2.05, 4.69) is 30.2 Å². The fraction of sp³-hybridized carbons (Fsp3) is 0.391. The number of aromatic nitrogens is 5. The lowest BCUT2D eigenvalue weighted by atomic mass is 10.00. The number of aryl methyl sites for hydroxylation is 1. The van der Waals surface area contributed by atoms with Crippen LogP contribution in [0.25, 0.3) is 11.4 Å². The van der Waals surface area contributed by atoms with Gasteiger partial charge in [0.25, 0.3) is 5.91 Å². The molecule has 3 atom stereocenters. The summed E-state index contributed by atoms with van der Waals surface area (Å²) in [6, 6.07) is 5.17. The van der Waals surface area contributed by atoms with Crippen molar-refractivity contribution in [3.8, 4) is 11.4 Å². The van der Waals surface area contributed by atoms with Crippen LogP contribution >= 0.6 is 0 Å². The molecule has 5 rings (SSSR count). The number of hydrogen-bond acceptors (Lipinski definition) is 7. The number of carbonyl (C=O) groups is 1. The van der Waals surface area contributed by atoms with E-state index in [4.69, 9.17) is 0 Å². The SMILES string of the molecule is Cc1ccc(-c2ncccn2)c(C(=O)N2CC3CC3CC2CNc2cnc(C(F)(F)F)cn2)n1. The van der Waals surface area contributed by atoms with Crippen LogP contribution < -0.4 is 5.32 Å². The zero-order chi connectivity index (χ0) is 23.9. The van der Waals surface area contributed by atoms with Gasteiger partial charge in [-0.15, -0.1) is 0 Å². The van der Waals surface area contributed by atoms with E-state index in [1.54, 1.807) is 24.5 Å². The summed E-state index contributed by atoms with van der Waals surface area (Å²) in [5.74, 6) is 1.46. The number of hydrogen-bond donors (Lipinski definition) is 1. The molecule has 4 heterocycles. The van der Waals surface area contributed by atoms with Crippen LogP contribution in [0.5, 0.6) is 0 Å². The minimum atomic E-state index is -4.54. The summed E-state index contributed by atoms with van der Waals surface area (Å²) < 4.78 is 38.2. The Morgan fingerprint density at radius 2 is 1.88 bits per heavy atom. The minimum Gasteiger partial charge on any atom is -0.367 e. The molecule has 3 aromatic rings. The predicted octanol–water partition coefficient (Wildman–Crippen LogP) is 3.62. The molecule has 1 saturated carbocycles. The summed E-state index contributed by atoms with van der Waals surface area (Å²) in [4.78, 5) is 35.9. The maximum absolute atomic E-state index is 13.7. The van der Waals surface area contributed by atoms with E-state index < -0.39 is 11.9 Å². The molecule has 1 aliphatic heterocycles. The normalized spacial score (nSPS) is 21.6. The number of amides is 1. The number of anilines is 1. The highest BCUT2D eigenvalue weighted by Gasteiger charge is 2.47. The van der Waals surface area contributed by atoms with Gasteiger partial charge >= 0.3 is 6.18 Å². The number of nitrogens with one attached hydrogen (secondary N) is 1. The Bertz CT molecular complexity index is 1190. The highest BCUT2D eigenvalue weighted by Crippen LogP contribution is 2.47. The molecule has 0 spiro atoms. The highest BCUT2D eigenvalue weighted by atomic mass is 19.4. The summed E-state index contributed by atoms with van der Waals surface area (Å²) in [5.41, 5.74) is 0.521. The van der Waals surface area contributed by atoms with E-state index in [-0.39, 0.29) is 17.8 Å². The number of piperidine rings is 1. The first-order valence-electron chi connectivity index (χ1n) is 11.0. The van der Waals surface area contributed by atoms with Crippen LogP contribution in [-0.2, 0) is 6.18 Å². The number of rotatable bonds is 5. The van der Waals surface area contributed by atoms with E-state index in [9.17, 15) is 18.0 Å². The fourth-order valence-electron chi connectivity index (χ4n) is 4.41. The van der Waals surface area contributed by atoms with Crippen LogP contribution in [0.15, 0.2) is 43.0 Å². The first kappa shape index (κ1) is 22.2. The third kappa shape index (κ3) is 4.55. The Morgan fingerprint density at radius 3 is 2.59 bits per heavy atom. The van der Waals surface area contributed by atoms with Crippen molar-refractivity contribution in [2.75, 3.05) is 18.4 Å². The van der Waals surface area contributed by atoms with Gasteiger partial charge in [0, 0.05) is 37.2 Å². The number of halogens is 3. The van der Waals surface area contributed by atoms with E-state index in [1.807, 2.05) is 17.9 Å². The monoisotopic (exact) mass is 469 g/mol. The lowest BCUT2D eigenvalue weighted by Crippen LogP contribution is -2.48. The highest BCUT2D eigenvalue weighted by molar-refractivity contribution is 5.98. The summed E-state index contributed by atoms with van der Waals surface area (Å²) in [7, 11) is 0. The van der Waals surface area contributed by atoms with E-state index >= 15 is 0 Å². The van der Waals surface area contributed by atoms with Crippen molar-refractivity contribution in [3.05, 3.63) is 60.1 Å². The van der Waals surface area contributed by atoms with E-state index in [1.165, 1.54) is 0 Å². The molecular weight excluding hydrogens is 447 g/mol. The zero-order valence-electron chi connectivity index (χ0n) is 18.3. The third-order valence-electron chi connectivity index (χ3n) is 6.28. The third-order valence-corrected chi connectivity index (χ3v) is 6.28. The molecule has 2 aliphatic rings. The molecule has 1 aliphatic carbocycles. The number of pyridine rings is 1. The first-order valence-corrected chi connectivity index (χ1v) is 11.0. The first-order chi connectivity index (χ1) is 16.3. The Morgan fingerprint density at radius 1 is 1.09 bits per heavy atom. The van der Waals surface area contributed by atoms with Gasteiger partial charge in [0.15, 0.2) is 11.5 Å². The topological polar surface area (TPSA) is 96.8 Å². The Balaban J connectivity index is 1.37. The smallest absolute Gasteiger partial charge is 0.367 e. The lowest BCUT2D eigenvalue weighted by Gasteiger charge is -2.35. The molecule has 0 aromatic carbocycles. The predicted molar refractivity (Wildman–Crippen MR) is 117 cm³/mol. The van der Waals surface area contributed by atoms with Gasteiger partial charge in [0.2, 0.25) is 0 Å². The number of alkyl halides is 3. The molecule has 0 radical (unpaired) electrons. The standard InChI is InChI=1S/C23H22F3N7O/c1-13-3-4-17(21-27-5-2-6-28-21)20(32-13)22(34)33-12-15-7-14(15)8-16(33)9-30-19-11-29-18(10-31-19)23(24,25)26/h2-6,10-11,14-16H,7-9,12H2,1H3,(H,30,31). The van der Waals surface area contributed by atoms with Crippen LogP contribution in [0.1, 0.15) is 34.7 Å². The fourth-order valence-corrected chi connectivity index (χ4v) is 4.41. The molecule has 34 heavy (non-hydrogen) atoms. The maximum atomic E-state index is 13.7. The zero-order valence-corrected chi connectivity index (χ0v) is 18.3. The second-order valence-corrected chi connectivity index (χ2v) is 8.69. The molecule has 8 nitrogen and oxygen atoms in total. The Kier molecular flexibility index (Phi) is 5.62. The van der Waals surface area contributed by atoms with Crippen LogP contribution in [0.3, 0.4) is 0 Å². The molecule has 0 bridgehead atoms. The lowest BCUT2D eigenvalue weighted by molar-refractivity contribution is -0.141. The second-order valence-electron chi connectivity index (χ2n) is 8.69. The summed E-state index contributed by atoms with van der Waals surface area (Å²) >= 11 is 0. The molecule has 1 amide bonds. The molecule has 11 heteroatoms. The molecule has 1 saturated heterocycles. The number of nitrogens with zero attached hydrogens (tertiary/aromatic N) is 6. The van der Waals surface area contributed by atoms with Gasteiger partial charge in [0.1, 0.15) is 11.5 Å². The van der Waals surface area contributed by atoms with Crippen molar-refractivity contribution >= 4 is 11.7 Å². The number of likely N-dealkylation sites (tertiary alicyclic amines) is 1. The van der Waals surface area contributed by atoms with Gasteiger partial charge < -0.3 is 10.2 Å². The molecule has 2 fully saturated rings. The largest absolute Gasteiger partial charge is 0.434 e. The molecular formula is C23H22F3N7O. The molecule has 176 valence electrons. The molecule has 1 N–H and O–H groups in total. The Labute approximate surface area is 193 Å². The van der Waals surface area contributed by atoms with Gasteiger partial charge in [0.05, 0.1) is 18.0 Å². The molecule has 3 unspecified atom stereocenters. The number of fused-ring (bicyclic) bond motifs is 1. The van der Waals surface area contributed by atoms with Gasteiger partial charge in [-0.3, -0.25) is 4.79 Å². The van der Waals surface area contributed by atoms with Crippen LogP contribution in [-0.4, -0.2) is 54.9 Å². The maximum Gasteiger partial charge on any atom is 0.434 e. The van der Waals surface area contributed by atoms with Gasteiger partial charge in [-0.25, -0.2) is 24.9 Å². The van der Waals surface area contributed by atoms with E-state index in [0.717, 1.165) is 19.0 Å². The summed E-state index contributed by atoms with van der Waals surface area (Å²) in [5, 5.41) is 3.05. The van der Waals surface area contributed by atoms with E-state index in [0.29, 0.717) is 53.9 Å². The van der Waals surface area contributed by atoms with Crippen LogP contribution in [0.4, 0.5) is 19.0 Å². The van der Waals surface area contributed by atoms with Gasteiger partial charge in [-0.05, 0) is 49.8 Å².